The normalized spacial score (nSPS) is 26.4. The van der Waals surface area contributed by atoms with E-state index in [-0.39, 0.29) is 5.41 Å². The molecule has 1 N–H and O–H groups in total. The Kier molecular flexibility index (Phi) is 4.50. The Labute approximate surface area is 186 Å². The smallest absolute Gasteiger partial charge is 0.119 e. The molecule has 2 heterocycles. The number of methoxy groups -OCH3 is 1. The van der Waals surface area contributed by atoms with Gasteiger partial charge in [0.05, 0.1) is 12.6 Å². The van der Waals surface area contributed by atoms with Crippen LogP contribution in [0.15, 0.2) is 46.9 Å². The summed E-state index contributed by atoms with van der Waals surface area (Å²) in [6.45, 7) is 3.73. The number of H-pyrrole nitrogens is 1. The predicted octanol–water partition coefficient (Wildman–Crippen LogP) is 5.71. The van der Waals surface area contributed by atoms with Gasteiger partial charge in [-0.25, -0.2) is 0 Å². The van der Waals surface area contributed by atoms with Crippen LogP contribution in [-0.2, 0) is 18.3 Å². The Morgan fingerprint density at radius 3 is 2.90 bits per heavy atom. The van der Waals surface area contributed by atoms with E-state index < -0.39 is 0 Å². The highest BCUT2D eigenvalue weighted by molar-refractivity contribution is 9.10. The first-order valence-corrected chi connectivity index (χ1v) is 12.1. The first-order valence-electron chi connectivity index (χ1n) is 11.3. The zero-order valence-corrected chi connectivity index (χ0v) is 19.2. The number of hydrogen-bond acceptors (Lipinski definition) is 2. The predicted molar refractivity (Wildman–Crippen MR) is 125 cm³/mol. The van der Waals surface area contributed by atoms with Gasteiger partial charge < -0.3 is 14.6 Å². The Balaban J connectivity index is 1.45. The summed E-state index contributed by atoms with van der Waals surface area (Å²) in [7, 11) is 1.78. The molecule has 2 aliphatic carbocycles. The molecule has 2 unspecified atom stereocenters. The number of nitrogens with one attached hydrogen (secondary N) is 1. The Morgan fingerprint density at radius 1 is 1.20 bits per heavy atom. The number of piperidine rings is 1. The molecule has 2 atom stereocenters. The average molecular weight is 465 g/mol. The quantitative estimate of drug-likeness (QED) is 0.535. The molecule has 0 radical (unpaired) electrons. The molecular weight excluding hydrogens is 436 g/mol. The second-order valence-corrected chi connectivity index (χ2v) is 10.5. The van der Waals surface area contributed by atoms with Crippen LogP contribution in [0.5, 0.6) is 5.75 Å². The number of rotatable bonds is 4. The fourth-order valence-corrected chi connectivity index (χ4v) is 6.58. The topological polar surface area (TPSA) is 28.3 Å². The van der Waals surface area contributed by atoms with Crippen LogP contribution in [0.3, 0.4) is 0 Å². The van der Waals surface area contributed by atoms with E-state index in [1.54, 1.807) is 12.7 Å². The van der Waals surface area contributed by atoms with Crippen LogP contribution in [0.25, 0.3) is 10.9 Å². The molecule has 2 fully saturated rings. The Bertz CT molecular complexity index is 1100. The monoisotopic (exact) mass is 464 g/mol. The fourth-order valence-electron chi connectivity index (χ4n) is 6.12. The summed E-state index contributed by atoms with van der Waals surface area (Å²) in [6, 6.07) is 15.5. The summed E-state index contributed by atoms with van der Waals surface area (Å²) in [6.07, 6.45) is 6.35. The lowest BCUT2D eigenvalue weighted by atomic mass is 9.58. The number of hydrogen-bond donors (Lipinski definition) is 1. The standard InChI is InChI=1S/C26H29BrN2O/c1-30-20-5-2-4-18(12-20)26-10-11-29(15-17-8-9-17)16-19(26)13-22-21-6-3-7-23(27)25(21)28-24(22)14-26/h2-7,12,17,19,28H,8-11,13-16H2,1H3. The highest BCUT2D eigenvalue weighted by atomic mass is 79.9. The third-order valence-electron chi connectivity index (χ3n) is 7.91. The largest absolute Gasteiger partial charge is 0.497 e. The number of halogens is 1. The van der Waals surface area contributed by atoms with Crippen molar-refractivity contribution < 1.29 is 4.74 Å². The fraction of sp³-hybridized carbons (Fsp3) is 0.462. The van der Waals surface area contributed by atoms with Crippen molar-refractivity contribution >= 4 is 26.8 Å². The van der Waals surface area contributed by atoms with Crippen molar-refractivity contribution in [3.63, 3.8) is 0 Å². The molecule has 6 rings (SSSR count). The van der Waals surface area contributed by atoms with Crippen molar-refractivity contribution in [3.05, 3.63) is 63.8 Å². The molecule has 0 bridgehead atoms. The van der Waals surface area contributed by atoms with Crippen LogP contribution < -0.4 is 4.74 Å². The third kappa shape index (κ3) is 3.03. The number of nitrogens with zero attached hydrogens (tertiary/aromatic N) is 1. The highest BCUT2D eigenvalue weighted by Crippen LogP contribution is 2.50. The molecule has 3 aromatic rings. The van der Waals surface area contributed by atoms with Gasteiger partial charge in [-0.2, -0.15) is 0 Å². The molecule has 0 spiro atoms. The van der Waals surface area contributed by atoms with Crippen LogP contribution >= 0.6 is 15.9 Å². The number of likely N-dealkylation sites (tertiary alicyclic amines) is 1. The van der Waals surface area contributed by atoms with Crippen molar-refractivity contribution in [1.82, 2.24) is 9.88 Å². The van der Waals surface area contributed by atoms with Crippen molar-refractivity contribution in [1.29, 1.82) is 0 Å². The first-order chi connectivity index (χ1) is 14.7. The van der Waals surface area contributed by atoms with E-state index in [4.69, 9.17) is 4.74 Å². The number of aromatic nitrogens is 1. The van der Waals surface area contributed by atoms with Crippen molar-refractivity contribution in [2.75, 3.05) is 26.7 Å². The van der Waals surface area contributed by atoms with Gasteiger partial charge in [-0.3, -0.25) is 0 Å². The number of fused-ring (bicyclic) bond motifs is 4. The van der Waals surface area contributed by atoms with Gasteiger partial charge in [0.25, 0.3) is 0 Å². The Morgan fingerprint density at radius 2 is 2.07 bits per heavy atom. The maximum absolute atomic E-state index is 5.61. The number of para-hydroxylation sites is 1. The maximum atomic E-state index is 5.61. The molecule has 4 heteroatoms. The van der Waals surface area contributed by atoms with Gasteiger partial charge in [0.2, 0.25) is 0 Å². The van der Waals surface area contributed by atoms with Gasteiger partial charge in [0.15, 0.2) is 0 Å². The van der Waals surface area contributed by atoms with Crippen molar-refractivity contribution in [2.45, 2.75) is 37.5 Å². The van der Waals surface area contributed by atoms with Crippen LogP contribution in [0, 0.1) is 11.8 Å². The van der Waals surface area contributed by atoms with Gasteiger partial charge in [-0.15, -0.1) is 0 Å². The summed E-state index contributed by atoms with van der Waals surface area (Å²) in [5, 5.41) is 1.40. The third-order valence-corrected chi connectivity index (χ3v) is 8.57. The van der Waals surface area contributed by atoms with Crippen molar-refractivity contribution in [2.24, 2.45) is 11.8 Å². The van der Waals surface area contributed by atoms with Crippen molar-refractivity contribution in [3.8, 4) is 5.75 Å². The minimum Gasteiger partial charge on any atom is -0.497 e. The molecule has 2 aromatic carbocycles. The molecule has 0 amide bonds. The zero-order chi connectivity index (χ0) is 20.3. The average Bonchev–Trinajstić information content (AvgIpc) is 3.51. The zero-order valence-electron chi connectivity index (χ0n) is 17.6. The number of ether oxygens (including phenoxy) is 1. The molecule has 1 saturated carbocycles. The van der Waals surface area contributed by atoms with Crippen LogP contribution in [0.1, 0.15) is 36.1 Å². The summed E-state index contributed by atoms with van der Waals surface area (Å²) in [4.78, 5) is 6.56. The SMILES string of the molecule is COc1cccc(C23CCN(CC4CC4)CC2Cc2c([nH]c4c(Br)cccc24)C3)c1. The first kappa shape index (κ1) is 18.9. The van der Waals surface area contributed by atoms with E-state index in [9.17, 15) is 0 Å². The second-order valence-electron chi connectivity index (χ2n) is 9.66. The summed E-state index contributed by atoms with van der Waals surface area (Å²) in [5.74, 6) is 2.58. The van der Waals surface area contributed by atoms with E-state index in [2.05, 4.69) is 68.3 Å². The van der Waals surface area contributed by atoms with Gasteiger partial charge in [-0.1, -0.05) is 24.3 Å². The summed E-state index contributed by atoms with van der Waals surface area (Å²) in [5.41, 5.74) is 5.89. The van der Waals surface area contributed by atoms with Gasteiger partial charge >= 0.3 is 0 Å². The van der Waals surface area contributed by atoms with E-state index in [1.807, 2.05) is 0 Å². The molecule has 3 nitrogen and oxygen atoms in total. The highest BCUT2D eigenvalue weighted by Gasteiger charge is 2.48. The van der Waals surface area contributed by atoms with E-state index >= 15 is 0 Å². The molecule has 3 aliphatic rings. The van der Waals surface area contributed by atoms with Crippen LogP contribution in [0.2, 0.25) is 0 Å². The van der Waals surface area contributed by atoms with Gasteiger partial charge in [0, 0.05) is 34.1 Å². The summed E-state index contributed by atoms with van der Waals surface area (Å²) < 4.78 is 6.78. The Hall–Kier alpha value is -1.78. The van der Waals surface area contributed by atoms with Crippen LogP contribution in [-0.4, -0.2) is 36.6 Å². The molecule has 1 aliphatic heterocycles. The number of benzene rings is 2. The lowest BCUT2D eigenvalue weighted by Gasteiger charge is -2.51. The number of aromatic amines is 1. The molecular formula is C26H29BrN2O. The molecule has 1 aromatic heterocycles. The van der Waals surface area contributed by atoms with E-state index in [0.29, 0.717) is 5.92 Å². The molecule has 1 saturated heterocycles. The summed E-state index contributed by atoms with van der Waals surface area (Å²) >= 11 is 3.76. The minimum absolute atomic E-state index is 0.189. The van der Waals surface area contributed by atoms with Gasteiger partial charge in [0.1, 0.15) is 5.75 Å². The lowest BCUT2D eigenvalue weighted by molar-refractivity contribution is 0.0783. The van der Waals surface area contributed by atoms with Crippen LogP contribution in [0.4, 0.5) is 0 Å². The molecule has 156 valence electrons. The second kappa shape index (κ2) is 7.13. The maximum Gasteiger partial charge on any atom is 0.119 e. The van der Waals surface area contributed by atoms with E-state index in [1.165, 1.54) is 65.5 Å². The minimum atomic E-state index is 0.189. The van der Waals surface area contributed by atoms with E-state index in [0.717, 1.165) is 24.5 Å². The molecule has 30 heavy (non-hydrogen) atoms. The van der Waals surface area contributed by atoms with Gasteiger partial charge in [-0.05, 0) is 95.7 Å². The lowest BCUT2D eigenvalue weighted by Crippen LogP contribution is -2.54.